The number of nitrogens with one attached hydrogen (secondary N) is 2. The van der Waals surface area contributed by atoms with Crippen molar-refractivity contribution < 1.29 is 13.2 Å². The second kappa shape index (κ2) is 7.15. The maximum atomic E-state index is 12.2. The molecule has 8 heteroatoms. The second-order valence-electron chi connectivity index (χ2n) is 4.27. The molecule has 0 aliphatic heterocycles. The van der Waals surface area contributed by atoms with E-state index in [2.05, 4.69) is 4.72 Å². The number of benzene rings is 2. The van der Waals surface area contributed by atoms with E-state index in [1.807, 2.05) is 0 Å². The van der Waals surface area contributed by atoms with Crippen molar-refractivity contribution in [2.75, 3.05) is 11.8 Å². The van der Waals surface area contributed by atoms with Crippen molar-refractivity contribution >= 4 is 34.0 Å². The highest BCUT2D eigenvalue weighted by Gasteiger charge is 2.14. The van der Waals surface area contributed by atoms with Gasteiger partial charge in [0.05, 0.1) is 12.0 Å². The molecule has 0 aliphatic rings. The van der Waals surface area contributed by atoms with E-state index in [4.69, 9.17) is 15.9 Å². The Hall–Kier alpha value is -2.25. The number of ether oxygens (including phenoxy) is 1. The molecule has 0 spiro atoms. The average molecular weight is 342 g/mol. The van der Waals surface area contributed by atoms with E-state index < -0.39 is 10.0 Å². The van der Waals surface area contributed by atoms with Gasteiger partial charge in [0.15, 0.2) is 0 Å². The van der Waals surface area contributed by atoms with Gasteiger partial charge in [-0.2, -0.15) is 0 Å². The highest BCUT2D eigenvalue weighted by molar-refractivity contribution is 7.92. The van der Waals surface area contributed by atoms with Crippen LogP contribution in [-0.4, -0.2) is 21.4 Å². The van der Waals surface area contributed by atoms with Crippen LogP contribution >= 0.6 is 12.4 Å². The van der Waals surface area contributed by atoms with Gasteiger partial charge in [0.2, 0.25) is 0 Å². The van der Waals surface area contributed by atoms with Gasteiger partial charge in [-0.15, -0.1) is 12.4 Å². The number of methoxy groups -OCH3 is 1. The summed E-state index contributed by atoms with van der Waals surface area (Å²) in [5, 5.41) is 7.28. The maximum absolute atomic E-state index is 12.2. The van der Waals surface area contributed by atoms with Gasteiger partial charge in [-0.05, 0) is 48.5 Å². The molecule has 0 saturated heterocycles. The molecule has 2 aromatic carbocycles. The van der Waals surface area contributed by atoms with E-state index in [0.717, 1.165) is 0 Å². The lowest BCUT2D eigenvalue weighted by Crippen LogP contribution is -2.14. The molecule has 0 saturated carbocycles. The average Bonchev–Trinajstić information content (AvgIpc) is 2.48. The van der Waals surface area contributed by atoms with Gasteiger partial charge in [-0.1, -0.05) is 0 Å². The van der Waals surface area contributed by atoms with Gasteiger partial charge >= 0.3 is 0 Å². The summed E-state index contributed by atoms with van der Waals surface area (Å²) < 4.78 is 31.9. The molecular weight excluding hydrogens is 326 g/mol. The summed E-state index contributed by atoms with van der Waals surface area (Å²) in [4.78, 5) is 0.100. The number of amidine groups is 1. The predicted octanol–water partition coefficient (Wildman–Crippen LogP) is 2.20. The molecule has 0 aliphatic carbocycles. The summed E-state index contributed by atoms with van der Waals surface area (Å²) in [7, 11) is -2.14. The molecular formula is C14H16ClN3O3S. The van der Waals surface area contributed by atoms with Gasteiger partial charge in [-0.25, -0.2) is 8.42 Å². The van der Waals surface area contributed by atoms with Crippen molar-refractivity contribution in [3.63, 3.8) is 0 Å². The van der Waals surface area contributed by atoms with Crippen molar-refractivity contribution in [2.45, 2.75) is 4.90 Å². The fraction of sp³-hybridized carbons (Fsp3) is 0.0714. The van der Waals surface area contributed by atoms with E-state index in [9.17, 15) is 8.42 Å². The largest absolute Gasteiger partial charge is 0.497 e. The van der Waals surface area contributed by atoms with Crippen molar-refractivity contribution in [3.8, 4) is 5.75 Å². The van der Waals surface area contributed by atoms with Crippen LogP contribution in [0.2, 0.25) is 0 Å². The van der Waals surface area contributed by atoms with Crippen LogP contribution in [0, 0.1) is 5.41 Å². The Morgan fingerprint density at radius 3 is 2.09 bits per heavy atom. The first-order chi connectivity index (χ1) is 9.92. The van der Waals surface area contributed by atoms with Gasteiger partial charge in [0, 0.05) is 11.3 Å². The minimum absolute atomic E-state index is 0. The summed E-state index contributed by atoms with van der Waals surface area (Å²) in [5.74, 6) is 0.533. The molecule has 2 aromatic rings. The smallest absolute Gasteiger partial charge is 0.261 e. The molecule has 0 fully saturated rings. The monoisotopic (exact) mass is 341 g/mol. The number of sulfonamides is 1. The highest BCUT2D eigenvalue weighted by Crippen LogP contribution is 2.19. The van der Waals surface area contributed by atoms with Crippen molar-refractivity contribution in [3.05, 3.63) is 54.1 Å². The lowest BCUT2D eigenvalue weighted by atomic mass is 10.2. The van der Waals surface area contributed by atoms with E-state index in [1.165, 1.54) is 31.4 Å². The van der Waals surface area contributed by atoms with Crippen LogP contribution in [0.3, 0.4) is 0 Å². The zero-order valence-corrected chi connectivity index (χ0v) is 13.4. The van der Waals surface area contributed by atoms with E-state index >= 15 is 0 Å². The number of halogens is 1. The summed E-state index contributed by atoms with van der Waals surface area (Å²) in [6, 6.07) is 12.3. The van der Waals surface area contributed by atoms with E-state index in [1.54, 1.807) is 24.3 Å². The van der Waals surface area contributed by atoms with Crippen LogP contribution in [0.4, 0.5) is 5.69 Å². The minimum Gasteiger partial charge on any atom is -0.497 e. The number of anilines is 1. The number of hydrogen-bond donors (Lipinski definition) is 3. The zero-order valence-electron chi connectivity index (χ0n) is 11.7. The Morgan fingerprint density at radius 2 is 1.64 bits per heavy atom. The van der Waals surface area contributed by atoms with Crippen LogP contribution in [0.25, 0.3) is 0 Å². The van der Waals surface area contributed by atoms with Gasteiger partial charge < -0.3 is 10.5 Å². The van der Waals surface area contributed by atoms with Gasteiger partial charge in [0.25, 0.3) is 10.0 Å². The fourth-order valence-corrected chi connectivity index (χ4v) is 2.75. The van der Waals surface area contributed by atoms with Crippen LogP contribution in [0.5, 0.6) is 5.75 Å². The van der Waals surface area contributed by atoms with Gasteiger partial charge in [-0.3, -0.25) is 10.1 Å². The molecule has 2 rings (SSSR count). The third kappa shape index (κ3) is 4.12. The fourth-order valence-electron chi connectivity index (χ4n) is 1.69. The molecule has 0 aromatic heterocycles. The molecule has 22 heavy (non-hydrogen) atoms. The topological polar surface area (TPSA) is 105 Å². The van der Waals surface area contributed by atoms with Crippen LogP contribution in [0.1, 0.15) is 5.56 Å². The third-order valence-electron chi connectivity index (χ3n) is 2.82. The second-order valence-corrected chi connectivity index (χ2v) is 5.95. The Labute approximate surface area is 135 Å². The first-order valence-corrected chi connectivity index (χ1v) is 7.52. The number of rotatable bonds is 5. The number of nitrogen functional groups attached to an aromatic ring is 1. The molecule has 0 unspecified atom stereocenters. The normalized spacial score (nSPS) is 10.4. The Balaban J connectivity index is 0.00000242. The lowest BCUT2D eigenvalue weighted by Gasteiger charge is -2.09. The Kier molecular flexibility index (Phi) is 5.78. The van der Waals surface area contributed by atoms with E-state index in [-0.39, 0.29) is 23.1 Å². The molecule has 6 nitrogen and oxygen atoms in total. The summed E-state index contributed by atoms with van der Waals surface area (Å²) in [6.45, 7) is 0. The highest BCUT2D eigenvalue weighted by atomic mass is 35.5. The third-order valence-corrected chi connectivity index (χ3v) is 4.22. The number of hydrogen-bond acceptors (Lipinski definition) is 4. The molecule has 4 N–H and O–H groups in total. The molecule has 0 radical (unpaired) electrons. The van der Waals surface area contributed by atoms with Crippen LogP contribution < -0.4 is 15.2 Å². The first kappa shape index (κ1) is 17.8. The molecule has 0 heterocycles. The first-order valence-electron chi connectivity index (χ1n) is 6.04. The number of nitrogens with two attached hydrogens (primary N) is 1. The molecule has 0 bridgehead atoms. The van der Waals surface area contributed by atoms with Crippen molar-refractivity contribution in [1.82, 2.24) is 0 Å². The predicted molar refractivity (Wildman–Crippen MR) is 88.5 cm³/mol. The molecule has 0 atom stereocenters. The van der Waals surface area contributed by atoms with Crippen LogP contribution in [-0.2, 0) is 10.0 Å². The van der Waals surface area contributed by atoms with E-state index in [0.29, 0.717) is 17.0 Å². The summed E-state index contributed by atoms with van der Waals surface area (Å²) in [6.07, 6.45) is 0. The SMILES string of the molecule is COc1ccc(NS(=O)(=O)c2ccc(C(=N)N)cc2)cc1.Cl. The molecule has 0 amide bonds. The maximum Gasteiger partial charge on any atom is 0.261 e. The Bertz CT molecular complexity index is 744. The minimum atomic E-state index is -3.68. The van der Waals surface area contributed by atoms with Crippen molar-refractivity contribution in [1.29, 1.82) is 5.41 Å². The summed E-state index contributed by atoms with van der Waals surface area (Å²) >= 11 is 0. The zero-order chi connectivity index (χ0) is 15.5. The quantitative estimate of drug-likeness (QED) is 0.572. The van der Waals surface area contributed by atoms with Crippen LogP contribution in [0.15, 0.2) is 53.4 Å². The lowest BCUT2D eigenvalue weighted by molar-refractivity contribution is 0.415. The summed E-state index contributed by atoms with van der Waals surface area (Å²) in [5.41, 5.74) is 6.24. The van der Waals surface area contributed by atoms with Gasteiger partial charge in [0.1, 0.15) is 11.6 Å². The standard InChI is InChI=1S/C14H15N3O3S.ClH/c1-20-12-6-4-11(5-7-12)17-21(18,19)13-8-2-10(3-9-13)14(15)16;/h2-9,17H,1H3,(H3,15,16);1H. The van der Waals surface area contributed by atoms with Crippen molar-refractivity contribution in [2.24, 2.45) is 5.73 Å². The molecule has 118 valence electrons. The Morgan fingerprint density at radius 1 is 1.09 bits per heavy atom.